The van der Waals surface area contributed by atoms with Gasteiger partial charge in [-0.3, -0.25) is 9.89 Å². The quantitative estimate of drug-likeness (QED) is 0.744. The summed E-state index contributed by atoms with van der Waals surface area (Å²) in [4.78, 5) is 12.4. The van der Waals surface area contributed by atoms with Gasteiger partial charge < -0.3 is 10.1 Å². The smallest absolute Gasteiger partial charge is 0.269 e. The Kier molecular flexibility index (Phi) is 4.79. The molecule has 0 aliphatic rings. The van der Waals surface area contributed by atoms with E-state index in [4.69, 9.17) is 4.74 Å². The molecule has 0 spiro atoms. The number of nitrogens with zero attached hydrogens (tertiary/aromatic N) is 1. The molecule has 0 aliphatic carbocycles. The standard InChI is InChI=1S/C19H18FN3O2/c1-12(14-8-9-18(25-2)15(20)10-14)21-19(24)17-11-16(22-23-17)13-6-4-3-5-7-13/h3-12H,1-2H3,(H,21,24)(H,22,23). The Balaban J connectivity index is 1.72. The molecular formula is C19H18FN3O2. The van der Waals surface area contributed by atoms with E-state index in [0.717, 1.165) is 5.56 Å². The molecule has 5 nitrogen and oxygen atoms in total. The number of amides is 1. The number of methoxy groups -OCH3 is 1. The molecule has 3 rings (SSSR count). The lowest BCUT2D eigenvalue weighted by Crippen LogP contribution is -2.27. The van der Waals surface area contributed by atoms with Crippen LogP contribution in [0.2, 0.25) is 0 Å². The van der Waals surface area contributed by atoms with Crippen molar-refractivity contribution in [1.82, 2.24) is 15.5 Å². The van der Waals surface area contributed by atoms with Crippen molar-refractivity contribution in [3.63, 3.8) is 0 Å². The number of rotatable bonds is 5. The van der Waals surface area contributed by atoms with Gasteiger partial charge in [0.2, 0.25) is 0 Å². The maximum Gasteiger partial charge on any atom is 0.269 e. The fourth-order valence-corrected chi connectivity index (χ4v) is 2.50. The normalized spacial score (nSPS) is 11.8. The first kappa shape index (κ1) is 16.7. The zero-order valence-corrected chi connectivity index (χ0v) is 13.9. The lowest BCUT2D eigenvalue weighted by Gasteiger charge is -2.14. The summed E-state index contributed by atoms with van der Waals surface area (Å²) in [7, 11) is 1.41. The molecule has 1 atom stereocenters. The SMILES string of the molecule is COc1ccc(C(C)NC(=O)c2cc(-c3ccccc3)n[nH]2)cc1F. The molecule has 0 fully saturated rings. The predicted molar refractivity (Wildman–Crippen MR) is 92.9 cm³/mol. The highest BCUT2D eigenvalue weighted by atomic mass is 19.1. The molecule has 0 bridgehead atoms. The fraction of sp³-hybridized carbons (Fsp3) is 0.158. The van der Waals surface area contributed by atoms with Gasteiger partial charge in [0.25, 0.3) is 5.91 Å². The van der Waals surface area contributed by atoms with Crippen LogP contribution in [0.5, 0.6) is 5.75 Å². The first-order valence-electron chi connectivity index (χ1n) is 7.83. The van der Waals surface area contributed by atoms with Crippen molar-refractivity contribution in [2.45, 2.75) is 13.0 Å². The van der Waals surface area contributed by atoms with Crippen LogP contribution in [0.4, 0.5) is 4.39 Å². The van der Waals surface area contributed by atoms with Crippen molar-refractivity contribution in [3.05, 3.63) is 71.7 Å². The lowest BCUT2D eigenvalue weighted by molar-refractivity contribution is 0.0934. The van der Waals surface area contributed by atoms with Crippen LogP contribution >= 0.6 is 0 Å². The molecule has 3 aromatic rings. The van der Waals surface area contributed by atoms with E-state index in [-0.39, 0.29) is 17.7 Å². The van der Waals surface area contributed by atoms with Crippen molar-refractivity contribution < 1.29 is 13.9 Å². The van der Waals surface area contributed by atoms with Crippen LogP contribution in [-0.2, 0) is 0 Å². The molecule has 0 aliphatic heterocycles. The van der Waals surface area contributed by atoms with Gasteiger partial charge in [-0.25, -0.2) is 4.39 Å². The van der Waals surface area contributed by atoms with Crippen molar-refractivity contribution in [2.75, 3.05) is 7.11 Å². The highest BCUT2D eigenvalue weighted by Crippen LogP contribution is 2.22. The van der Waals surface area contributed by atoms with E-state index in [1.54, 1.807) is 19.1 Å². The van der Waals surface area contributed by atoms with E-state index in [2.05, 4.69) is 15.5 Å². The molecular weight excluding hydrogens is 321 g/mol. The lowest BCUT2D eigenvalue weighted by atomic mass is 10.1. The van der Waals surface area contributed by atoms with Gasteiger partial charge in [-0.2, -0.15) is 5.10 Å². The molecule has 1 heterocycles. The highest BCUT2D eigenvalue weighted by molar-refractivity contribution is 5.93. The molecule has 1 aromatic heterocycles. The molecule has 0 saturated carbocycles. The summed E-state index contributed by atoms with van der Waals surface area (Å²) in [6.07, 6.45) is 0. The second-order valence-electron chi connectivity index (χ2n) is 5.62. The molecule has 2 aromatic carbocycles. The minimum absolute atomic E-state index is 0.170. The Hall–Kier alpha value is -3.15. The molecule has 128 valence electrons. The number of carbonyl (C=O) groups excluding carboxylic acids is 1. The number of halogens is 1. The second-order valence-corrected chi connectivity index (χ2v) is 5.62. The molecule has 2 N–H and O–H groups in total. The number of aromatic nitrogens is 2. The van der Waals surface area contributed by atoms with Crippen LogP contribution in [0.15, 0.2) is 54.6 Å². The summed E-state index contributed by atoms with van der Waals surface area (Å²) in [6, 6.07) is 15.5. The Morgan fingerprint density at radius 2 is 1.96 bits per heavy atom. The van der Waals surface area contributed by atoms with E-state index in [1.807, 2.05) is 30.3 Å². The Morgan fingerprint density at radius 1 is 1.20 bits per heavy atom. The maximum absolute atomic E-state index is 13.8. The van der Waals surface area contributed by atoms with Gasteiger partial charge in [-0.05, 0) is 30.7 Å². The fourth-order valence-electron chi connectivity index (χ4n) is 2.50. The summed E-state index contributed by atoms with van der Waals surface area (Å²) in [5.74, 6) is -0.601. The van der Waals surface area contributed by atoms with Crippen molar-refractivity contribution in [3.8, 4) is 17.0 Å². The van der Waals surface area contributed by atoms with Crippen molar-refractivity contribution in [2.24, 2.45) is 0 Å². The summed E-state index contributed by atoms with van der Waals surface area (Å²) in [5.41, 5.74) is 2.60. The van der Waals surface area contributed by atoms with Gasteiger partial charge in [-0.1, -0.05) is 36.4 Å². The maximum atomic E-state index is 13.8. The van der Waals surface area contributed by atoms with Crippen molar-refractivity contribution in [1.29, 1.82) is 0 Å². The number of benzene rings is 2. The van der Waals surface area contributed by atoms with E-state index >= 15 is 0 Å². The summed E-state index contributed by atoms with van der Waals surface area (Å²) in [6.45, 7) is 1.79. The third kappa shape index (κ3) is 3.68. The summed E-state index contributed by atoms with van der Waals surface area (Å²) in [5, 5.41) is 9.72. The average Bonchev–Trinajstić information content (AvgIpc) is 3.12. The molecule has 0 radical (unpaired) electrons. The topological polar surface area (TPSA) is 67.0 Å². The van der Waals surface area contributed by atoms with E-state index in [0.29, 0.717) is 17.0 Å². The number of ether oxygens (including phenoxy) is 1. The Morgan fingerprint density at radius 3 is 2.64 bits per heavy atom. The van der Waals surface area contributed by atoms with Crippen LogP contribution in [-0.4, -0.2) is 23.2 Å². The van der Waals surface area contributed by atoms with Crippen LogP contribution in [0, 0.1) is 5.82 Å². The number of H-pyrrole nitrogens is 1. The minimum atomic E-state index is -0.464. The zero-order valence-electron chi connectivity index (χ0n) is 13.9. The molecule has 0 saturated heterocycles. The van der Waals surface area contributed by atoms with E-state index < -0.39 is 5.82 Å². The third-order valence-corrected chi connectivity index (χ3v) is 3.92. The second kappa shape index (κ2) is 7.17. The predicted octanol–water partition coefficient (Wildman–Crippen LogP) is 3.72. The van der Waals surface area contributed by atoms with Crippen LogP contribution < -0.4 is 10.1 Å². The number of nitrogens with one attached hydrogen (secondary N) is 2. The van der Waals surface area contributed by atoms with Gasteiger partial charge in [0, 0.05) is 5.56 Å². The first-order valence-corrected chi connectivity index (χ1v) is 7.83. The van der Waals surface area contributed by atoms with Crippen LogP contribution in [0.1, 0.15) is 29.0 Å². The third-order valence-electron chi connectivity index (χ3n) is 3.92. The Labute approximate surface area is 144 Å². The largest absolute Gasteiger partial charge is 0.494 e. The van der Waals surface area contributed by atoms with Gasteiger partial charge in [-0.15, -0.1) is 0 Å². The molecule has 25 heavy (non-hydrogen) atoms. The molecule has 6 heteroatoms. The summed E-state index contributed by atoms with van der Waals surface area (Å²) < 4.78 is 18.7. The average molecular weight is 339 g/mol. The van der Waals surface area contributed by atoms with Gasteiger partial charge in [0.1, 0.15) is 5.69 Å². The van der Waals surface area contributed by atoms with Gasteiger partial charge in [0.05, 0.1) is 18.8 Å². The highest BCUT2D eigenvalue weighted by Gasteiger charge is 2.16. The van der Waals surface area contributed by atoms with E-state index in [1.165, 1.54) is 19.2 Å². The van der Waals surface area contributed by atoms with Crippen LogP contribution in [0.25, 0.3) is 11.3 Å². The van der Waals surface area contributed by atoms with Crippen molar-refractivity contribution >= 4 is 5.91 Å². The monoisotopic (exact) mass is 339 g/mol. The van der Waals surface area contributed by atoms with E-state index in [9.17, 15) is 9.18 Å². The molecule has 1 unspecified atom stereocenters. The molecule has 1 amide bonds. The van der Waals surface area contributed by atoms with Crippen LogP contribution in [0.3, 0.4) is 0 Å². The number of hydrogen-bond acceptors (Lipinski definition) is 3. The minimum Gasteiger partial charge on any atom is -0.494 e. The number of carbonyl (C=O) groups is 1. The van der Waals surface area contributed by atoms with Gasteiger partial charge in [0.15, 0.2) is 11.6 Å². The number of hydrogen-bond donors (Lipinski definition) is 2. The summed E-state index contributed by atoms with van der Waals surface area (Å²) >= 11 is 0. The zero-order chi connectivity index (χ0) is 17.8. The van der Waals surface area contributed by atoms with Gasteiger partial charge >= 0.3 is 0 Å². The Bertz CT molecular complexity index is 877. The first-order chi connectivity index (χ1) is 12.1. The number of aromatic amines is 1.